The second kappa shape index (κ2) is 3.88. The van der Waals surface area contributed by atoms with Crippen molar-refractivity contribution in [3.63, 3.8) is 0 Å². The number of benzene rings is 1. The lowest BCUT2D eigenvalue weighted by Crippen LogP contribution is -2.44. The maximum atomic E-state index is 12.0. The van der Waals surface area contributed by atoms with Crippen LogP contribution in [-0.4, -0.2) is 29.8 Å². The van der Waals surface area contributed by atoms with Gasteiger partial charge in [-0.05, 0) is 12.5 Å². The zero-order valence-electron chi connectivity index (χ0n) is 9.43. The van der Waals surface area contributed by atoms with Crippen LogP contribution in [0.25, 0.3) is 0 Å². The zero-order chi connectivity index (χ0) is 11.8. The van der Waals surface area contributed by atoms with E-state index in [1.54, 1.807) is 18.2 Å². The van der Waals surface area contributed by atoms with Crippen molar-refractivity contribution in [1.82, 2.24) is 4.90 Å². The van der Waals surface area contributed by atoms with Crippen LogP contribution in [0.1, 0.15) is 29.3 Å². The fourth-order valence-electron chi connectivity index (χ4n) is 2.15. The Labute approximate surface area is 94.4 Å². The number of hydrogen-bond acceptors (Lipinski definition) is 3. The molecule has 0 fully saturated rings. The smallest absolute Gasteiger partial charge is 0.258 e. The molecule has 1 amide bonds. The van der Waals surface area contributed by atoms with Gasteiger partial charge >= 0.3 is 0 Å². The second-order valence-corrected chi connectivity index (χ2v) is 3.87. The number of hydrogen-bond donors (Lipinski definition) is 1. The van der Waals surface area contributed by atoms with E-state index in [0.29, 0.717) is 17.5 Å². The summed E-state index contributed by atoms with van der Waals surface area (Å²) in [7, 11) is 1.51. The third-order valence-corrected chi connectivity index (χ3v) is 3.03. The molecule has 4 heteroatoms. The van der Waals surface area contributed by atoms with Gasteiger partial charge in [0.2, 0.25) is 0 Å². The van der Waals surface area contributed by atoms with E-state index in [2.05, 4.69) is 0 Å². The molecule has 4 nitrogen and oxygen atoms in total. The van der Waals surface area contributed by atoms with Gasteiger partial charge in [0.05, 0.1) is 0 Å². The van der Waals surface area contributed by atoms with E-state index in [1.165, 1.54) is 12.0 Å². The topological polar surface area (TPSA) is 49.8 Å². The lowest BCUT2D eigenvalue weighted by Gasteiger charge is -2.32. The number of ether oxygens (including phenoxy) is 1. The fourth-order valence-corrected chi connectivity index (χ4v) is 2.15. The van der Waals surface area contributed by atoms with Crippen LogP contribution in [0.4, 0.5) is 0 Å². The Balaban J connectivity index is 2.52. The molecule has 2 rings (SSSR count). The number of nitrogens with zero attached hydrogens (tertiary/aromatic N) is 1. The number of aliphatic hydroxyl groups is 1. The van der Waals surface area contributed by atoms with Crippen molar-refractivity contribution >= 4 is 5.91 Å². The van der Waals surface area contributed by atoms with Crippen LogP contribution in [0.5, 0.6) is 0 Å². The molecule has 0 saturated heterocycles. The highest BCUT2D eigenvalue weighted by atomic mass is 16.5. The molecule has 0 radical (unpaired) electrons. The minimum atomic E-state index is -1.23. The van der Waals surface area contributed by atoms with Crippen LogP contribution in [-0.2, 0) is 10.5 Å². The summed E-state index contributed by atoms with van der Waals surface area (Å²) < 4.78 is 4.97. The molecule has 0 saturated carbocycles. The van der Waals surface area contributed by atoms with Crippen LogP contribution < -0.4 is 0 Å². The summed E-state index contributed by atoms with van der Waals surface area (Å²) in [5, 5.41) is 10.5. The summed E-state index contributed by atoms with van der Waals surface area (Å²) in [6.45, 7) is 1.94. The van der Waals surface area contributed by atoms with Crippen LogP contribution in [0.3, 0.4) is 0 Å². The second-order valence-electron chi connectivity index (χ2n) is 3.87. The first kappa shape index (κ1) is 11.1. The average molecular weight is 221 g/mol. The molecular weight excluding hydrogens is 206 g/mol. The summed E-state index contributed by atoms with van der Waals surface area (Å²) in [4.78, 5) is 13.4. The number of fused-ring (bicyclic) bond motifs is 1. The largest absolute Gasteiger partial charge is 0.367 e. The van der Waals surface area contributed by atoms with Gasteiger partial charge in [0.15, 0.2) is 5.72 Å². The van der Waals surface area contributed by atoms with E-state index < -0.39 is 5.72 Å². The Bertz CT molecular complexity index is 418. The number of amides is 1. The first-order valence-corrected chi connectivity index (χ1v) is 5.28. The molecule has 16 heavy (non-hydrogen) atoms. The molecule has 1 aliphatic heterocycles. The van der Waals surface area contributed by atoms with Gasteiger partial charge in [-0.25, -0.2) is 0 Å². The predicted molar refractivity (Wildman–Crippen MR) is 58.7 cm³/mol. The molecule has 0 aromatic heterocycles. The highest BCUT2D eigenvalue weighted by Gasteiger charge is 2.46. The Morgan fingerprint density at radius 3 is 2.75 bits per heavy atom. The molecule has 1 atom stereocenters. The first-order valence-electron chi connectivity index (χ1n) is 5.28. The van der Waals surface area contributed by atoms with E-state index in [0.717, 1.165) is 0 Å². The molecule has 1 aliphatic rings. The summed E-state index contributed by atoms with van der Waals surface area (Å²) in [6.07, 6.45) is 0.444. The van der Waals surface area contributed by atoms with Crippen molar-refractivity contribution in [2.75, 3.05) is 13.8 Å². The maximum absolute atomic E-state index is 12.0. The summed E-state index contributed by atoms with van der Waals surface area (Å²) in [6, 6.07) is 7.13. The first-order chi connectivity index (χ1) is 7.65. The Kier molecular flexibility index (Phi) is 2.69. The van der Waals surface area contributed by atoms with Crippen LogP contribution in [0, 0.1) is 0 Å². The van der Waals surface area contributed by atoms with Crippen molar-refractivity contribution < 1.29 is 14.6 Å². The summed E-state index contributed by atoms with van der Waals surface area (Å²) >= 11 is 0. The highest BCUT2D eigenvalue weighted by molar-refractivity contribution is 5.99. The van der Waals surface area contributed by atoms with Crippen molar-refractivity contribution in [2.24, 2.45) is 0 Å². The predicted octanol–water partition coefficient (Wildman–Crippen LogP) is 1.30. The number of rotatable bonds is 3. The Morgan fingerprint density at radius 1 is 1.44 bits per heavy atom. The molecule has 1 heterocycles. The minimum Gasteiger partial charge on any atom is -0.367 e. The summed E-state index contributed by atoms with van der Waals surface area (Å²) in [5.74, 6) is -0.179. The third-order valence-electron chi connectivity index (χ3n) is 3.03. The zero-order valence-corrected chi connectivity index (χ0v) is 9.43. The lowest BCUT2D eigenvalue weighted by atomic mass is 9.99. The van der Waals surface area contributed by atoms with E-state index in [4.69, 9.17) is 4.74 Å². The maximum Gasteiger partial charge on any atom is 0.258 e. The fraction of sp³-hybridized carbons (Fsp3) is 0.417. The molecule has 86 valence electrons. The molecule has 1 aromatic rings. The highest BCUT2D eigenvalue weighted by Crippen LogP contribution is 2.38. The van der Waals surface area contributed by atoms with Crippen LogP contribution in [0.2, 0.25) is 0 Å². The number of carbonyl (C=O) groups is 1. The van der Waals surface area contributed by atoms with Gasteiger partial charge < -0.3 is 9.84 Å². The normalized spacial score (nSPS) is 23.7. The number of carbonyl (C=O) groups excluding carboxylic acids is 1. The van der Waals surface area contributed by atoms with E-state index in [9.17, 15) is 9.90 Å². The van der Waals surface area contributed by atoms with Gasteiger partial charge in [0, 0.05) is 18.2 Å². The monoisotopic (exact) mass is 221 g/mol. The molecule has 1 N–H and O–H groups in total. The van der Waals surface area contributed by atoms with Crippen molar-refractivity contribution in [1.29, 1.82) is 0 Å². The van der Waals surface area contributed by atoms with Gasteiger partial charge in [0.25, 0.3) is 5.91 Å². The lowest BCUT2D eigenvalue weighted by molar-refractivity contribution is -0.121. The third kappa shape index (κ3) is 1.34. The average Bonchev–Trinajstić information content (AvgIpc) is 2.53. The van der Waals surface area contributed by atoms with Crippen molar-refractivity contribution in [2.45, 2.75) is 19.1 Å². The van der Waals surface area contributed by atoms with Crippen LogP contribution in [0.15, 0.2) is 24.3 Å². The standard InChI is InChI=1S/C12H15NO3/c1-3-12(15)10-7-5-4-6-9(10)11(14)13(12)8-16-2/h4-7,15H,3,8H2,1-2H3. The van der Waals surface area contributed by atoms with Gasteiger partial charge in [-0.3, -0.25) is 9.69 Å². The molecule has 0 spiro atoms. The Morgan fingerprint density at radius 2 is 2.12 bits per heavy atom. The molecule has 0 aliphatic carbocycles. The van der Waals surface area contributed by atoms with E-state index in [1.807, 2.05) is 13.0 Å². The van der Waals surface area contributed by atoms with Gasteiger partial charge in [-0.1, -0.05) is 25.1 Å². The minimum absolute atomic E-state index is 0.0951. The van der Waals surface area contributed by atoms with E-state index in [-0.39, 0.29) is 12.6 Å². The van der Waals surface area contributed by atoms with E-state index >= 15 is 0 Å². The van der Waals surface area contributed by atoms with Crippen molar-refractivity contribution in [3.8, 4) is 0 Å². The number of methoxy groups -OCH3 is 1. The van der Waals surface area contributed by atoms with Gasteiger partial charge in [-0.15, -0.1) is 0 Å². The molecule has 1 unspecified atom stereocenters. The Hall–Kier alpha value is -1.39. The quantitative estimate of drug-likeness (QED) is 0.837. The SMILES string of the molecule is CCC1(O)c2ccccc2C(=O)N1COC. The molecular formula is C12H15NO3. The molecule has 0 bridgehead atoms. The van der Waals surface area contributed by atoms with Gasteiger partial charge in [-0.2, -0.15) is 0 Å². The van der Waals surface area contributed by atoms with Gasteiger partial charge in [0.1, 0.15) is 6.73 Å². The van der Waals surface area contributed by atoms with Crippen LogP contribution >= 0.6 is 0 Å². The van der Waals surface area contributed by atoms with Crippen molar-refractivity contribution in [3.05, 3.63) is 35.4 Å². The summed E-state index contributed by atoms with van der Waals surface area (Å²) in [5.41, 5.74) is -0.00704. The molecule has 1 aromatic carbocycles.